The van der Waals surface area contributed by atoms with Crippen LogP contribution in [0, 0.1) is 0 Å². The maximum Gasteiger partial charge on any atom is 0.329 e. The summed E-state index contributed by atoms with van der Waals surface area (Å²) in [4.78, 5) is 32.8. The predicted octanol–water partition coefficient (Wildman–Crippen LogP) is 1.58. The second-order valence-corrected chi connectivity index (χ2v) is 6.00. The van der Waals surface area contributed by atoms with Crippen LogP contribution in [0.5, 0.6) is 0 Å². The number of ether oxygens (including phenoxy) is 1. The molecule has 1 atom stereocenters. The van der Waals surface area contributed by atoms with Gasteiger partial charge in [-0.25, -0.2) is 4.79 Å². The molecule has 1 aromatic heterocycles. The summed E-state index contributed by atoms with van der Waals surface area (Å²) in [5.74, 6) is -0.585. The summed E-state index contributed by atoms with van der Waals surface area (Å²) in [6.45, 7) is 2.37. The van der Waals surface area contributed by atoms with E-state index >= 15 is 0 Å². The van der Waals surface area contributed by atoms with Crippen molar-refractivity contribution in [1.29, 1.82) is 0 Å². The summed E-state index contributed by atoms with van der Waals surface area (Å²) >= 11 is 0. The van der Waals surface area contributed by atoms with Gasteiger partial charge in [0, 0.05) is 38.6 Å². The van der Waals surface area contributed by atoms with Crippen molar-refractivity contribution in [2.24, 2.45) is 0 Å². The number of carbonyl (C=O) groups excluding carboxylic acids is 2. The minimum Gasteiger partial charge on any atom is -0.467 e. The molecule has 0 radical (unpaired) electrons. The lowest BCUT2D eigenvalue weighted by molar-refractivity contribution is -0.148. The van der Waals surface area contributed by atoms with E-state index < -0.39 is 12.0 Å². The molecule has 0 spiro atoms. The number of carbonyl (C=O) groups is 2. The van der Waals surface area contributed by atoms with Crippen molar-refractivity contribution in [3.8, 4) is 0 Å². The fourth-order valence-corrected chi connectivity index (χ4v) is 3.06. The molecular weight excluding hydrogens is 318 g/mol. The number of esters is 1. The van der Waals surface area contributed by atoms with Gasteiger partial charge >= 0.3 is 5.97 Å². The van der Waals surface area contributed by atoms with Gasteiger partial charge in [-0.15, -0.1) is 0 Å². The third-order valence-electron chi connectivity index (χ3n) is 4.36. The topological polar surface area (TPSA) is 62.7 Å². The van der Waals surface area contributed by atoms with Crippen molar-refractivity contribution < 1.29 is 14.3 Å². The van der Waals surface area contributed by atoms with Gasteiger partial charge in [-0.05, 0) is 17.7 Å². The van der Waals surface area contributed by atoms with Crippen LogP contribution in [-0.4, -0.2) is 59.4 Å². The Hall–Kier alpha value is -2.73. The first-order chi connectivity index (χ1) is 12.2. The zero-order valence-corrected chi connectivity index (χ0v) is 14.2. The molecule has 3 rings (SSSR count). The maximum absolute atomic E-state index is 12.8. The van der Waals surface area contributed by atoms with Crippen molar-refractivity contribution in [1.82, 2.24) is 14.8 Å². The Labute approximate surface area is 147 Å². The zero-order chi connectivity index (χ0) is 17.6. The number of methoxy groups -OCH3 is 1. The van der Waals surface area contributed by atoms with Gasteiger partial charge in [0.15, 0.2) is 0 Å². The van der Waals surface area contributed by atoms with Crippen LogP contribution in [0.25, 0.3) is 0 Å². The molecule has 6 heteroatoms. The fraction of sp³-hybridized carbons (Fsp3) is 0.316. The summed E-state index contributed by atoms with van der Waals surface area (Å²) < 4.78 is 4.93. The molecule has 2 heterocycles. The first-order valence-corrected chi connectivity index (χ1v) is 8.24. The summed E-state index contributed by atoms with van der Waals surface area (Å²) in [6.07, 6.45) is 3.14. The van der Waals surface area contributed by atoms with Gasteiger partial charge in [-0.1, -0.05) is 30.3 Å². The van der Waals surface area contributed by atoms with Gasteiger partial charge in [-0.3, -0.25) is 14.7 Å². The molecule has 0 bridgehead atoms. The predicted molar refractivity (Wildman–Crippen MR) is 92.8 cm³/mol. The van der Waals surface area contributed by atoms with Crippen LogP contribution < -0.4 is 0 Å². The quantitative estimate of drug-likeness (QED) is 0.792. The highest BCUT2D eigenvalue weighted by Gasteiger charge is 2.36. The normalized spacial score (nSPS) is 18.0. The lowest BCUT2D eigenvalue weighted by Crippen LogP contribution is -2.58. The second-order valence-electron chi connectivity index (χ2n) is 6.00. The number of piperazine rings is 1. The van der Waals surface area contributed by atoms with Gasteiger partial charge in [0.25, 0.3) is 5.91 Å². The van der Waals surface area contributed by atoms with E-state index in [4.69, 9.17) is 4.74 Å². The fourth-order valence-electron chi connectivity index (χ4n) is 3.06. The number of hydrogen-bond donors (Lipinski definition) is 0. The molecule has 1 aromatic carbocycles. The number of benzene rings is 1. The van der Waals surface area contributed by atoms with Gasteiger partial charge < -0.3 is 9.64 Å². The van der Waals surface area contributed by atoms with Crippen molar-refractivity contribution in [2.75, 3.05) is 26.7 Å². The second kappa shape index (κ2) is 7.90. The summed E-state index contributed by atoms with van der Waals surface area (Å²) in [5, 5.41) is 0. The van der Waals surface area contributed by atoms with Crippen LogP contribution in [0.1, 0.15) is 15.9 Å². The van der Waals surface area contributed by atoms with E-state index in [0.717, 1.165) is 6.54 Å². The first kappa shape index (κ1) is 17.1. The first-order valence-electron chi connectivity index (χ1n) is 8.24. The van der Waals surface area contributed by atoms with E-state index in [1.54, 1.807) is 23.2 Å². The van der Waals surface area contributed by atoms with Gasteiger partial charge in [-0.2, -0.15) is 0 Å². The van der Waals surface area contributed by atoms with Crippen LogP contribution in [-0.2, 0) is 16.1 Å². The molecule has 1 aliphatic rings. The smallest absolute Gasteiger partial charge is 0.329 e. The molecule has 130 valence electrons. The van der Waals surface area contributed by atoms with E-state index in [9.17, 15) is 9.59 Å². The van der Waals surface area contributed by atoms with E-state index in [2.05, 4.69) is 22.0 Å². The van der Waals surface area contributed by atoms with E-state index in [0.29, 0.717) is 25.2 Å². The van der Waals surface area contributed by atoms with Crippen LogP contribution in [0.2, 0.25) is 0 Å². The molecular formula is C19H21N3O3. The number of amides is 1. The average molecular weight is 339 g/mol. The number of aromatic nitrogens is 1. The Balaban J connectivity index is 1.75. The summed E-state index contributed by atoms with van der Waals surface area (Å²) in [7, 11) is 1.35. The Kier molecular flexibility index (Phi) is 5.40. The molecule has 25 heavy (non-hydrogen) atoms. The van der Waals surface area contributed by atoms with Gasteiger partial charge in [0.2, 0.25) is 0 Å². The highest BCUT2D eigenvalue weighted by Crippen LogP contribution is 2.17. The minimum absolute atomic E-state index is 0.192. The molecule has 1 saturated heterocycles. The van der Waals surface area contributed by atoms with Crippen molar-refractivity contribution in [2.45, 2.75) is 12.6 Å². The van der Waals surface area contributed by atoms with E-state index in [-0.39, 0.29) is 5.91 Å². The Bertz CT molecular complexity index is 721. The molecule has 1 amide bonds. The molecule has 0 N–H and O–H groups in total. The monoisotopic (exact) mass is 339 g/mol. The molecule has 6 nitrogen and oxygen atoms in total. The van der Waals surface area contributed by atoms with Crippen LogP contribution in [0.4, 0.5) is 0 Å². The van der Waals surface area contributed by atoms with Crippen molar-refractivity contribution in [3.63, 3.8) is 0 Å². The zero-order valence-electron chi connectivity index (χ0n) is 14.2. The molecule has 1 unspecified atom stereocenters. The number of rotatable bonds is 4. The standard InChI is InChI=1S/C19H21N3O3/c1-25-19(24)17-14-21(13-15-6-3-2-4-7-15)10-11-22(17)18(23)16-8-5-9-20-12-16/h2-9,12,17H,10-11,13-14H2,1H3. The number of nitrogens with zero attached hydrogens (tertiary/aromatic N) is 3. The third kappa shape index (κ3) is 4.03. The Morgan fingerprint density at radius 3 is 2.64 bits per heavy atom. The number of pyridine rings is 1. The van der Waals surface area contributed by atoms with Crippen LogP contribution in [0.3, 0.4) is 0 Å². The molecule has 0 saturated carbocycles. The minimum atomic E-state index is -0.616. The lowest BCUT2D eigenvalue weighted by atomic mass is 10.1. The lowest BCUT2D eigenvalue weighted by Gasteiger charge is -2.39. The van der Waals surface area contributed by atoms with E-state index in [1.165, 1.54) is 18.9 Å². The SMILES string of the molecule is COC(=O)C1CN(Cc2ccccc2)CCN1C(=O)c1cccnc1. The molecule has 0 aliphatic carbocycles. The maximum atomic E-state index is 12.8. The van der Waals surface area contributed by atoms with Gasteiger partial charge in [0.1, 0.15) is 6.04 Å². The summed E-state index contributed by atoms with van der Waals surface area (Å²) in [5.41, 5.74) is 1.66. The van der Waals surface area contributed by atoms with Crippen molar-refractivity contribution in [3.05, 3.63) is 66.0 Å². The molecule has 1 aliphatic heterocycles. The Morgan fingerprint density at radius 2 is 1.96 bits per heavy atom. The Morgan fingerprint density at radius 1 is 1.16 bits per heavy atom. The average Bonchev–Trinajstić information content (AvgIpc) is 2.68. The molecule has 2 aromatic rings. The van der Waals surface area contributed by atoms with Crippen LogP contribution in [0.15, 0.2) is 54.9 Å². The number of hydrogen-bond acceptors (Lipinski definition) is 5. The van der Waals surface area contributed by atoms with Gasteiger partial charge in [0.05, 0.1) is 12.7 Å². The van der Waals surface area contributed by atoms with E-state index in [1.807, 2.05) is 18.2 Å². The highest BCUT2D eigenvalue weighted by molar-refractivity contribution is 5.96. The highest BCUT2D eigenvalue weighted by atomic mass is 16.5. The molecule has 1 fully saturated rings. The largest absolute Gasteiger partial charge is 0.467 e. The van der Waals surface area contributed by atoms with Crippen LogP contribution >= 0.6 is 0 Å². The third-order valence-corrected chi connectivity index (χ3v) is 4.36. The van der Waals surface area contributed by atoms with Crippen molar-refractivity contribution >= 4 is 11.9 Å². The summed E-state index contributed by atoms with van der Waals surface area (Å²) in [6, 6.07) is 12.9.